The van der Waals surface area contributed by atoms with Gasteiger partial charge >= 0.3 is 0 Å². The van der Waals surface area contributed by atoms with Gasteiger partial charge in [0.25, 0.3) is 5.91 Å². The Morgan fingerprint density at radius 1 is 1.19 bits per heavy atom. The molecule has 1 N–H and O–H groups in total. The molecular formula is C18H24N6OS. The number of hydrogen-bond acceptors (Lipinski definition) is 5. The van der Waals surface area contributed by atoms with Crippen LogP contribution in [0.25, 0.3) is 5.82 Å². The molecule has 8 heteroatoms. The molecule has 0 spiro atoms. The van der Waals surface area contributed by atoms with Crippen LogP contribution in [0.2, 0.25) is 0 Å². The molecule has 26 heavy (non-hydrogen) atoms. The molecule has 1 amide bonds. The fourth-order valence-corrected chi connectivity index (χ4v) is 4.12. The van der Waals surface area contributed by atoms with Gasteiger partial charge in [0.15, 0.2) is 0 Å². The van der Waals surface area contributed by atoms with Gasteiger partial charge in [0.2, 0.25) is 5.13 Å². The third kappa shape index (κ3) is 3.29. The quantitative estimate of drug-likeness (QED) is 0.713. The van der Waals surface area contributed by atoms with Gasteiger partial charge < -0.3 is 4.57 Å². The molecule has 0 atom stereocenters. The zero-order valence-corrected chi connectivity index (χ0v) is 16.6. The van der Waals surface area contributed by atoms with E-state index in [1.807, 2.05) is 37.6 Å². The largest absolute Gasteiger partial charge is 0.303 e. The third-order valence-corrected chi connectivity index (χ3v) is 5.63. The van der Waals surface area contributed by atoms with Crippen LogP contribution >= 0.6 is 11.3 Å². The molecule has 0 radical (unpaired) electrons. The van der Waals surface area contributed by atoms with Crippen LogP contribution in [0.15, 0.2) is 18.3 Å². The first-order valence-electron chi connectivity index (χ1n) is 8.78. The lowest BCUT2D eigenvalue weighted by molar-refractivity contribution is 0.102. The molecule has 0 unspecified atom stereocenters. The monoisotopic (exact) mass is 372 g/mol. The summed E-state index contributed by atoms with van der Waals surface area (Å²) in [5, 5.41) is 17.0. The minimum atomic E-state index is -0.229. The van der Waals surface area contributed by atoms with E-state index in [0.29, 0.717) is 16.6 Å². The molecule has 3 aromatic heterocycles. The minimum Gasteiger partial charge on any atom is -0.303 e. The maximum absolute atomic E-state index is 12.8. The van der Waals surface area contributed by atoms with Crippen molar-refractivity contribution in [3.05, 3.63) is 40.3 Å². The number of nitrogens with zero attached hydrogens (tertiary/aromatic N) is 5. The van der Waals surface area contributed by atoms with Crippen LogP contribution in [0.5, 0.6) is 0 Å². The van der Waals surface area contributed by atoms with Crippen molar-refractivity contribution in [1.82, 2.24) is 24.5 Å². The van der Waals surface area contributed by atoms with E-state index in [-0.39, 0.29) is 5.91 Å². The second-order valence-corrected chi connectivity index (χ2v) is 7.38. The van der Waals surface area contributed by atoms with Crippen molar-refractivity contribution in [2.75, 3.05) is 5.32 Å². The number of anilines is 1. The second-order valence-electron chi connectivity index (χ2n) is 6.37. The molecule has 0 aromatic carbocycles. The molecule has 3 rings (SSSR count). The van der Waals surface area contributed by atoms with Crippen molar-refractivity contribution in [3.8, 4) is 5.82 Å². The predicted octanol–water partition coefficient (Wildman–Crippen LogP) is 3.84. The first kappa shape index (κ1) is 18.3. The van der Waals surface area contributed by atoms with Gasteiger partial charge in [-0.15, -0.1) is 10.2 Å². The first-order chi connectivity index (χ1) is 12.5. The van der Waals surface area contributed by atoms with Crippen LogP contribution in [-0.2, 0) is 7.05 Å². The predicted molar refractivity (Wildman–Crippen MR) is 103 cm³/mol. The second kappa shape index (κ2) is 7.41. The molecule has 0 aliphatic carbocycles. The lowest BCUT2D eigenvalue weighted by Gasteiger charge is -2.12. The highest BCUT2D eigenvalue weighted by molar-refractivity contribution is 7.15. The molecule has 3 heterocycles. The highest BCUT2D eigenvalue weighted by atomic mass is 32.1. The molecule has 0 aliphatic heterocycles. The lowest BCUT2D eigenvalue weighted by atomic mass is 10.1. The summed E-state index contributed by atoms with van der Waals surface area (Å²) in [6.07, 6.45) is 3.61. The Hall–Kier alpha value is -2.48. The number of nitrogens with one attached hydrogen (secondary N) is 1. The van der Waals surface area contributed by atoms with Gasteiger partial charge in [-0.25, -0.2) is 0 Å². The summed E-state index contributed by atoms with van der Waals surface area (Å²) >= 11 is 1.44. The van der Waals surface area contributed by atoms with E-state index in [0.717, 1.165) is 35.1 Å². The van der Waals surface area contributed by atoms with Crippen LogP contribution in [0.1, 0.15) is 59.4 Å². The zero-order valence-electron chi connectivity index (χ0n) is 15.8. The number of carbonyl (C=O) groups is 1. The molecule has 0 aliphatic rings. The van der Waals surface area contributed by atoms with Gasteiger partial charge in [-0.1, -0.05) is 25.2 Å². The maximum atomic E-state index is 12.8. The SMILES string of the molecule is CCC(CC)c1nnc(NC(=O)c2cnn(C)c2-n2c(C)ccc2C)s1. The number of hydrogen-bond donors (Lipinski definition) is 1. The molecular weight excluding hydrogens is 348 g/mol. The number of aromatic nitrogens is 5. The van der Waals surface area contributed by atoms with Crippen LogP contribution < -0.4 is 5.32 Å². The van der Waals surface area contributed by atoms with E-state index >= 15 is 0 Å². The van der Waals surface area contributed by atoms with E-state index < -0.39 is 0 Å². The summed E-state index contributed by atoms with van der Waals surface area (Å²) in [4.78, 5) is 12.8. The Morgan fingerprint density at radius 3 is 2.46 bits per heavy atom. The fraction of sp³-hybridized carbons (Fsp3) is 0.444. The summed E-state index contributed by atoms with van der Waals surface area (Å²) < 4.78 is 3.74. The Kier molecular flexibility index (Phi) is 5.22. The van der Waals surface area contributed by atoms with Crippen LogP contribution in [0.3, 0.4) is 0 Å². The maximum Gasteiger partial charge on any atom is 0.262 e. The van der Waals surface area contributed by atoms with Gasteiger partial charge in [-0.05, 0) is 38.8 Å². The van der Waals surface area contributed by atoms with E-state index in [1.54, 1.807) is 10.9 Å². The number of rotatable bonds is 6. The Morgan fingerprint density at radius 2 is 1.85 bits per heavy atom. The highest BCUT2D eigenvalue weighted by Crippen LogP contribution is 2.28. The van der Waals surface area contributed by atoms with E-state index in [9.17, 15) is 4.79 Å². The van der Waals surface area contributed by atoms with Crippen LogP contribution in [0.4, 0.5) is 5.13 Å². The van der Waals surface area contributed by atoms with Crippen LogP contribution in [-0.4, -0.2) is 30.5 Å². The van der Waals surface area contributed by atoms with Gasteiger partial charge in [-0.2, -0.15) is 5.10 Å². The smallest absolute Gasteiger partial charge is 0.262 e. The van der Waals surface area contributed by atoms with E-state index in [4.69, 9.17) is 0 Å². The fourth-order valence-electron chi connectivity index (χ4n) is 3.11. The normalized spacial score (nSPS) is 11.3. The van der Waals surface area contributed by atoms with Crippen LogP contribution in [0, 0.1) is 13.8 Å². The van der Waals surface area contributed by atoms with Gasteiger partial charge in [0, 0.05) is 24.4 Å². The summed E-state index contributed by atoms with van der Waals surface area (Å²) in [5.41, 5.74) is 2.60. The Labute approximate surface area is 157 Å². The van der Waals surface area contributed by atoms with Crippen molar-refractivity contribution in [2.24, 2.45) is 7.05 Å². The number of aryl methyl sites for hydroxylation is 3. The molecule has 0 saturated heterocycles. The topological polar surface area (TPSA) is 77.6 Å². The molecule has 0 saturated carbocycles. The molecule has 0 bridgehead atoms. The van der Waals surface area contributed by atoms with Gasteiger partial charge in [0.1, 0.15) is 16.4 Å². The highest BCUT2D eigenvalue weighted by Gasteiger charge is 2.21. The van der Waals surface area contributed by atoms with Gasteiger partial charge in [0.05, 0.1) is 6.20 Å². The van der Waals surface area contributed by atoms with E-state index in [1.165, 1.54) is 11.3 Å². The average molecular weight is 372 g/mol. The summed E-state index contributed by atoms with van der Waals surface area (Å²) in [7, 11) is 1.83. The zero-order chi connectivity index (χ0) is 18.8. The average Bonchev–Trinajstić information content (AvgIpc) is 3.30. The standard InChI is InChI=1S/C18H24N6OS/c1-6-13(7-2)16-21-22-18(26-16)20-15(25)14-10-19-23(5)17(14)24-11(3)8-9-12(24)4/h8-10,13H,6-7H2,1-5H3,(H,20,22,25). The van der Waals surface area contributed by atoms with E-state index in [2.05, 4.69) is 34.5 Å². The summed E-state index contributed by atoms with van der Waals surface area (Å²) in [5.74, 6) is 0.900. The van der Waals surface area contributed by atoms with Crippen molar-refractivity contribution < 1.29 is 4.79 Å². The van der Waals surface area contributed by atoms with Crippen molar-refractivity contribution >= 4 is 22.4 Å². The molecule has 7 nitrogen and oxygen atoms in total. The summed E-state index contributed by atoms with van der Waals surface area (Å²) in [6, 6.07) is 4.05. The lowest BCUT2D eigenvalue weighted by Crippen LogP contribution is -2.16. The summed E-state index contributed by atoms with van der Waals surface area (Å²) in [6.45, 7) is 8.29. The third-order valence-electron chi connectivity index (χ3n) is 4.63. The Bertz CT molecular complexity index is 899. The minimum absolute atomic E-state index is 0.229. The molecule has 3 aromatic rings. The van der Waals surface area contributed by atoms with Crippen molar-refractivity contribution in [3.63, 3.8) is 0 Å². The Balaban J connectivity index is 1.88. The number of amides is 1. The molecule has 0 fully saturated rings. The van der Waals surface area contributed by atoms with Gasteiger partial charge in [-0.3, -0.25) is 14.8 Å². The van der Waals surface area contributed by atoms with Crippen molar-refractivity contribution in [2.45, 2.75) is 46.5 Å². The molecule has 138 valence electrons. The number of carbonyl (C=O) groups excluding carboxylic acids is 1. The first-order valence-corrected chi connectivity index (χ1v) is 9.59. The van der Waals surface area contributed by atoms with Crippen molar-refractivity contribution in [1.29, 1.82) is 0 Å².